The number of nitrogens with zero attached hydrogens (tertiary/aromatic N) is 1. The fraction of sp³-hybridized carbons (Fsp3) is 0.409. The summed E-state index contributed by atoms with van der Waals surface area (Å²) in [6, 6.07) is 12.5. The second-order valence-electron chi connectivity index (χ2n) is 7.57. The van der Waals surface area contributed by atoms with Crippen molar-refractivity contribution in [3.8, 4) is 17.2 Å². The van der Waals surface area contributed by atoms with Crippen LogP contribution in [-0.2, 0) is 14.8 Å². The zero-order chi connectivity index (χ0) is 22.4. The molecule has 2 aromatic carbocycles. The number of sulfonamides is 1. The van der Waals surface area contributed by atoms with Gasteiger partial charge in [-0.25, -0.2) is 8.42 Å². The highest BCUT2D eigenvalue weighted by Crippen LogP contribution is 2.36. The fourth-order valence-corrected chi connectivity index (χ4v) is 4.11. The molecule has 2 aromatic rings. The minimum absolute atomic E-state index is 0.115. The number of ether oxygens (including phenoxy) is 3. The summed E-state index contributed by atoms with van der Waals surface area (Å²) in [6.45, 7) is 4.51. The molecule has 1 aliphatic rings. The minimum atomic E-state index is -3.51. The van der Waals surface area contributed by atoms with Crippen molar-refractivity contribution in [1.29, 1.82) is 0 Å². The number of hydrogen-bond donors (Lipinski definition) is 1. The number of rotatable bonds is 10. The van der Waals surface area contributed by atoms with E-state index in [0.717, 1.165) is 17.6 Å². The second-order valence-corrected chi connectivity index (χ2v) is 9.48. The lowest BCUT2D eigenvalue weighted by Crippen LogP contribution is -2.37. The molecule has 9 heteroatoms. The van der Waals surface area contributed by atoms with Gasteiger partial charge in [0, 0.05) is 19.0 Å². The molecule has 1 amide bonds. The lowest BCUT2D eigenvalue weighted by atomic mass is 10.2. The van der Waals surface area contributed by atoms with Gasteiger partial charge < -0.3 is 19.5 Å². The Morgan fingerprint density at radius 1 is 1.16 bits per heavy atom. The zero-order valence-electron chi connectivity index (χ0n) is 18.0. The normalized spacial score (nSPS) is 13.5. The van der Waals surface area contributed by atoms with E-state index in [1.165, 1.54) is 4.31 Å². The topological polar surface area (TPSA) is 94.2 Å². The maximum Gasteiger partial charge on any atom is 0.232 e. The molecule has 31 heavy (non-hydrogen) atoms. The van der Waals surface area contributed by atoms with Crippen LogP contribution >= 0.6 is 0 Å². The number of anilines is 1. The van der Waals surface area contributed by atoms with Crippen LogP contribution in [0.5, 0.6) is 17.2 Å². The molecule has 0 unspecified atom stereocenters. The van der Waals surface area contributed by atoms with Crippen LogP contribution in [0.1, 0.15) is 25.3 Å². The van der Waals surface area contributed by atoms with Gasteiger partial charge in [-0.15, -0.1) is 0 Å². The molecule has 168 valence electrons. The maximum absolute atomic E-state index is 12.3. The lowest BCUT2D eigenvalue weighted by Gasteiger charge is -2.22. The summed E-state index contributed by atoms with van der Waals surface area (Å²) < 4.78 is 42.1. The number of benzene rings is 2. The van der Waals surface area contributed by atoms with Gasteiger partial charge >= 0.3 is 0 Å². The van der Waals surface area contributed by atoms with E-state index in [4.69, 9.17) is 14.2 Å². The first-order valence-corrected chi connectivity index (χ1v) is 11.9. The summed E-state index contributed by atoms with van der Waals surface area (Å²) in [5, 5.41) is 2.88. The van der Waals surface area contributed by atoms with Crippen molar-refractivity contribution in [2.75, 3.05) is 30.5 Å². The molecule has 8 nitrogen and oxygen atoms in total. The molecule has 0 saturated heterocycles. The van der Waals surface area contributed by atoms with Crippen molar-refractivity contribution >= 4 is 21.6 Å². The Kier molecular flexibility index (Phi) is 7.27. The Bertz CT molecular complexity index is 1010. The quantitative estimate of drug-likeness (QED) is 0.601. The number of carbonyl (C=O) groups is 1. The van der Waals surface area contributed by atoms with Gasteiger partial charge in [-0.3, -0.25) is 9.10 Å². The van der Waals surface area contributed by atoms with Gasteiger partial charge in [0.2, 0.25) is 22.7 Å². The largest absolute Gasteiger partial charge is 0.491 e. The van der Waals surface area contributed by atoms with E-state index < -0.39 is 10.0 Å². The monoisotopic (exact) mass is 448 g/mol. The van der Waals surface area contributed by atoms with E-state index in [9.17, 15) is 13.2 Å². The van der Waals surface area contributed by atoms with Crippen LogP contribution < -0.4 is 23.8 Å². The van der Waals surface area contributed by atoms with Gasteiger partial charge in [0.05, 0.1) is 18.0 Å². The van der Waals surface area contributed by atoms with Crippen LogP contribution in [0.2, 0.25) is 0 Å². The van der Waals surface area contributed by atoms with Crippen molar-refractivity contribution in [2.45, 2.75) is 32.7 Å². The Morgan fingerprint density at radius 3 is 2.58 bits per heavy atom. The van der Waals surface area contributed by atoms with Crippen LogP contribution in [0.4, 0.5) is 5.69 Å². The maximum atomic E-state index is 12.3. The van der Waals surface area contributed by atoms with Crippen LogP contribution in [0.15, 0.2) is 42.5 Å². The third-order valence-corrected chi connectivity index (χ3v) is 5.93. The minimum Gasteiger partial charge on any atom is -0.491 e. The summed E-state index contributed by atoms with van der Waals surface area (Å²) in [5.41, 5.74) is 1.63. The number of hydrogen-bond acceptors (Lipinski definition) is 6. The van der Waals surface area contributed by atoms with E-state index in [-0.39, 0.29) is 31.7 Å². The smallest absolute Gasteiger partial charge is 0.232 e. The number of aryl methyl sites for hydroxylation is 1. The first kappa shape index (κ1) is 22.7. The molecular formula is C22H28N2O6S. The van der Waals surface area contributed by atoms with E-state index in [0.29, 0.717) is 30.2 Å². The van der Waals surface area contributed by atoms with Crippen LogP contribution in [0, 0.1) is 6.92 Å². The van der Waals surface area contributed by atoms with Crippen molar-refractivity contribution in [3.05, 3.63) is 48.0 Å². The van der Waals surface area contributed by atoms with Gasteiger partial charge in [-0.2, -0.15) is 0 Å². The van der Waals surface area contributed by atoms with Crippen molar-refractivity contribution in [2.24, 2.45) is 0 Å². The first-order valence-electron chi connectivity index (χ1n) is 10.1. The zero-order valence-corrected chi connectivity index (χ0v) is 18.8. The van der Waals surface area contributed by atoms with E-state index in [1.807, 2.05) is 38.1 Å². The SMILES string of the molecule is Cc1ccc(OC[C@@H](C)NC(=O)CCCN(c2ccc3c(c2)OCO3)S(C)(=O)=O)cc1. The highest BCUT2D eigenvalue weighted by Gasteiger charge is 2.21. The number of fused-ring (bicyclic) bond motifs is 1. The summed E-state index contributed by atoms with van der Waals surface area (Å²) in [4.78, 5) is 12.3. The molecule has 1 atom stereocenters. The lowest BCUT2D eigenvalue weighted by molar-refractivity contribution is -0.121. The van der Waals surface area contributed by atoms with Crippen molar-refractivity contribution in [1.82, 2.24) is 5.32 Å². The molecule has 0 spiro atoms. The third kappa shape index (κ3) is 6.52. The summed E-state index contributed by atoms with van der Waals surface area (Å²) in [6.07, 6.45) is 1.71. The fourth-order valence-electron chi connectivity index (χ4n) is 3.15. The molecule has 1 aliphatic heterocycles. The molecule has 1 heterocycles. The molecule has 0 saturated carbocycles. The number of nitrogens with one attached hydrogen (secondary N) is 1. The molecule has 0 radical (unpaired) electrons. The second kappa shape index (κ2) is 9.91. The van der Waals surface area contributed by atoms with Gasteiger partial charge in [0.15, 0.2) is 11.5 Å². The highest BCUT2D eigenvalue weighted by atomic mass is 32.2. The molecule has 3 rings (SSSR count). The molecular weight excluding hydrogens is 420 g/mol. The van der Waals surface area contributed by atoms with Gasteiger partial charge in [0.25, 0.3) is 0 Å². The molecule has 0 aromatic heterocycles. The van der Waals surface area contributed by atoms with Gasteiger partial charge in [-0.05, 0) is 44.5 Å². The Balaban J connectivity index is 1.47. The molecule has 0 aliphatic carbocycles. The van der Waals surface area contributed by atoms with Crippen LogP contribution in [0.3, 0.4) is 0 Å². The van der Waals surface area contributed by atoms with Crippen LogP contribution in [-0.4, -0.2) is 46.6 Å². The summed E-state index contributed by atoms with van der Waals surface area (Å²) >= 11 is 0. The highest BCUT2D eigenvalue weighted by molar-refractivity contribution is 7.92. The predicted molar refractivity (Wildman–Crippen MR) is 118 cm³/mol. The Hall–Kier alpha value is -2.94. The van der Waals surface area contributed by atoms with E-state index >= 15 is 0 Å². The summed E-state index contributed by atoms with van der Waals surface area (Å²) in [7, 11) is -3.51. The Labute approximate surface area is 183 Å². The van der Waals surface area contributed by atoms with E-state index in [1.54, 1.807) is 18.2 Å². The molecule has 1 N–H and O–H groups in total. The van der Waals surface area contributed by atoms with Gasteiger partial charge in [0.1, 0.15) is 12.4 Å². The van der Waals surface area contributed by atoms with E-state index in [2.05, 4.69) is 5.32 Å². The van der Waals surface area contributed by atoms with Gasteiger partial charge in [-0.1, -0.05) is 17.7 Å². The standard InChI is InChI=1S/C22H28N2O6S/c1-16-6-9-19(10-7-16)28-14-17(2)23-22(25)5-4-12-24(31(3,26)27)18-8-11-20-21(13-18)30-15-29-20/h6-11,13,17H,4-5,12,14-15H2,1-3H3,(H,23,25)/t17-/m1/s1. The van der Waals surface area contributed by atoms with Crippen LogP contribution in [0.25, 0.3) is 0 Å². The average molecular weight is 449 g/mol. The third-order valence-electron chi connectivity index (χ3n) is 4.74. The molecule has 0 fully saturated rings. The first-order chi connectivity index (χ1) is 14.7. The summed E-state index contributed by atoms with van der Waals surface area (Å²) in [5.74, 6) is 1.68. The average Bonchev–Trinajstić information content (AvgIpc) is 3.17. The van der Waals surface area contributed by atoms with Crippen molar-refractivity contribution < 1.29 is 27.4 Å². The predicted octanol–water partition coefficient (Wildman–Crippen LogP) is 2.85. The Morgan fingerprint density at radius 2 is 1.87 bits per heavy atom. The number of amides is 1. The number of carbonyl (C=O) groups excluding carboxylic acids is 1. The molecule has 0 bridgehead atoms. The van der Waals surface area contributed by atoms with Crippen molar-refractivity contribution in [3.63, 3.8) is 0 Å².